The van der Waals surface area contributed by atoms with Crippen LogP contribution in [0.1, 0.15) is 20.3 Å². The van der Waals surface area contributed by atoms with Crippen LogP contribution in [0.25, 0.3) is 0 Å². The summed E-state index contributed by atoms with van der Waals surface area (Å²) in [6.45, 7) is 6.76. The number of nitrogens with zero attached hydrogens (tertiary/aromatic N) is 2. The van der Waals surface area contributed by atoms with Gasteiger partial charge in [0.1, 0.15) is 0 Å². The Bertz CT molecular complexity index is 154. The lowest BCUT2D eigenvalue weighted by Crippen LogP contribution is -2.17. The summed E-state index contributed by atoms with van der Waals surface area (Å²) in [5, 5.41) is 0. The molecule has 2 heteroatoms. The Morgan fingerprint density at radius 3 is 1.64 bits per heavy atom. The minimum Gasteiger partial charge on any atom is -0.377 e. The Labute approximate surface area is 69.5 Å². The standard InChI is InChI=1S/C9H18N2/c1-8-9(2)11(4)7-5-6-10(8)3/h5-7H2,1-4H3. The van der Waals surface area contributed by atoms with Gasteiger partial charge in [-0.05, 0) is 20.3 Å². The molecule has 1 aliphatic heterocycles. The molecule has 2 nitrogen and oxygen atoms in total. The molecule has 0 unspecified atom stereocenters. The molecule has 0 aromatic carbocycles. The topological polar surface area (TPSA) is 6.48 Å². The highest BCUT2D eigenvalue weighted by Crippen LogP contribution is 2.15. The van der Waals surface area contributed by atoms with Gasteiger partial charge in [-0.15, -0.1) is 0 Å². The average Bonchev–Trinajstić information content (AvgIpc) is 2.07. The molecule has 0 radical (unpaired) electrons. The molecule has 1 aliphatic rings. The van der Waals surface area contributed by atoms with Crippen molar-refractivity contribution in [3.8, 4) is 0 Å². The van der Waals surface area contributed by atoms with Gasteiger partial charge in [-0.1, -0.05) is 0 Å². The van der Waals surface area contributed by atoms with Gasteiger partial charge in [-0.25, -0.2) is 0 Å². The van der Waals surface area contributed by atoms with Gasteiger partial charge in [0.15, 0.2) is 0 Å². The fraction of sp³-hybridized carbons (Fsp3) is 0.778. The number of hydrogen-bond acceptors (Lipinski definition) is 2. The van der Waals surface area contributed by atoms with E-state index in [-0.39, 0.29) is 0 Å². The monoisotopic (exact) mass is 154 g/mol. The summed E-state index contributed by atoms with van der Waals surface area (Å²) in [6.07, 6.45) is 1.27. The fourth-order valence-electron chi connectivity index (χ4n) is 1.43. The van der Waals surface area contributed by atoms with E-state index in [4.69, 9.17) is 0 Å². The lowest BCUT2D eigenvalue weighted by molar-refractivity contribution is 0.402. The molecule has 0 aliphatic carbocycles. The third kappa shape index (κ3) is 1.67. The minimum absolute atomic E-state index is 1.19. The third-order valence-corrected chi connectivity index (χ3v) is 2.66. The Hall–Kier alpha value is -0.660. The van der Waals surface area contributed by atoms with Crippen LogP contribution < -0.4 is 0 Å². The maximum Gasteiger partial charge on any atom is 0.0290 e. The smallest absolute Gasteiger partial charge is 0.0290 e. The number of rotatable bonds is 0. The average molecular weight is 154 g/mol. The van der Waals surface area contributed by atoms with E-state index >= 15 is 0 Å². The molecule has 0 aromatic rings. The first-order chi connectivity index (χ1) is 5.13. The van der Waals surface area contributed by atoms with E-state index in [1.165, 1.54) is 30.9 Å². The Balaban J connectivity index is 2.81. The second kappa shape index (κ2) is 3.16. The number of hydrogen-bond donors (Lipinski definition) is 0. The van der Waals surface area contributed by atoms with Crippen molar-refractivity contribution in [3.05, 3.63) is 11.4 Å². The molecular weight excluding hydrogens is 136 g/mol. The highest BCUT2D eigenvalue weighted by atomic mass is 15.2. The molecule has 0 atom stereocenters. The van der Waals surface area contributed by atoms with Gasteiger partial charge in [-0.2, -0.15) is 0 Å². The molecule has 1 rings (SSSR count). The summed E-state index contributed by atoms with van der Waals surface area (Å²) in [7, 11) is 4.33. The van der Waals surface area contributed by atoms with Crippen molar-refractivity contribution in [3.63, 3.8) is 0 Å². The van der Waals surface area contributed by atoms with E-state index in [0.717, 1.165) is 0 Å². The predicted octanol–water partition coefficient (Wildman–Crippen LogP) is 1.51. The molecule has 0 saturated heterocycles. The summed E-state index contributed by atoms with van der Waals surface area (Å²) in [6, 6.07) is 0. The van der Waals surface area contributed by atoms with Crippen molar-refractivity contribution in [1.29, 1.82) is 0 Å². The van der Waals surface area contributed by atoms with Crippen molar-refractivity contribution in [1.82, 2.24) is 9.80 Å². The SMILES string of the molecule is CC1=C(C)N(C)CCCN1C. The van der Waals surface area contributed by atoms with E-state index < -0.39 is 0 Å². The highest BCUT2D eigenvalue weighted by molar-refractivity contribution is 5.08. The molecule has 0 aromatic heterocycles. The van der Waals surface area contributed by atoms with Crippen molar-refractivity contribution in [2.45, 2.75) is 20.3 Å². The van der Waals surface area contributed by atoms with Crippen LogP contribution in [-0.4, -0.2) is 37.0 Å². The first kappa shape index (κ1) is 8.44. The van der Waals surface area contributed by atoms with Crippen LogP contribution in [0.5, 0.6) is 0 Å². The van der Waals surface area contributed by atoms with Gasteiger partial charge in [0.2, 0.25) is 0 Å². The number of allylic oxidation sites excluding steroid dienone is 2. The van der Waals surface area contributed by atoms with Crippen LogP contribution in [0.15, 0.2) is 11.4 Å². The molecule has 0 saturated carbocycles. The van der Waals surface area contributed by atoms with Crippen LogP contribution in [-0.2, 0) is 0 Å². The van der Waals surface area contributed by atoms with Crippen LogP contribution in [0.2, 0.25) is 0 Å². The van der Waals surface area contributed by atoms with Gasteiger partial charge < -0.3 is 9.80 Å². The zero-order valence-electron chi connectivity index (χ0n) is 8.02. The maximum absolute atomic E-state index is 2.33. The molecule has 0 spiro atoms. The highest BCUT2D eigenvalue weighted by Gasteiger charge is 2.11. The Kier molecular flexibility index (Phi) is 2.42. The lowest BCUT2D eigenvalue weighted by atomic mass is 10.3. The summed E-state index contributed by atoms with van der Waals surface area (Å²) in [4.78, 5) is 4.66. The molecule has 11 heavy (non-hydrogen) atoms. The van der Waals surface area contributed by atoms with Gasteiger partial charge in [-0.3, -0.25) is 0 Å². The third-order valence-electron chi connectivity index (χ3n) is 2.66. The van der Waals surface area contributed by atoms with Crippen molar-refractivity contribution >= 4 is 0 Å². The first-order valence-electron chi connectivity index (χ1n) is 4.22. The lowest BCUT2D eigenvalue weighted by Gasteiger charge is -2.21. The summed E-state index contributed by atoms with van der Waals surface area (Å²) < 4.78 is 0. The van der Waals surface area contributed by atoms with Crippen LogP contribution in [0.4, 0.5) is 0 Å². The minimum atomic E-state index is 1.19. The summed E-state index contributed by atoms with van der Waals surface area (Å²) in [5.41, 5.74) is 2.81. The van der Waals surface area contributed by atoms with Crippen LogP contribution >= 0.6 is 0 Å². The Morgan fingerprint density at radius 2 is 1.27 bits per heavy atom. The van der Waals surface area contributed by atoms with E-state index in [1.54, 1.807) is 0 Å². The van der Waals surface area contributed by atoms with E-state index in [0.29, 0.717) is 0 Å². The van der Waals surface area contributed by atoms with Gasteiger partial charge >= 0.3 is 0 Å². The molecular formula is C9H18N2. The fourth-order valence-corrected chi connectivity index (χ4v) is 1.43. The van der Waals surface area contributed by atoms with Crippen LogP contribution in [0.3, 0.4) is 0 Å². The molecule has 0 bridgehead atoms. The van der Waals surface area contributed by atoms with E-state index in [2.05, 4.69) is 37.7 Å². The summed E-state index contributed by atoms with van der Waals surface area (Å²) >= 11 is 0. The van der Waals surface area contributed by atoms with E-state index in [1.807, 2.05) is 0 Å². The van der Waals surface area contributed by atoms with E-state index in [9.17, 15) is 0 Å². The second-order valence-electron chi connectivity index (χ2n) is 3.37. The predicted molar refractivity (Wildman–Crippen MR) is 48.3 cm³/mol. The summed E-state index contributed by atoms with van der Waals surface area (Å²) in [5.74, 6) is 0. The second-order valence-corrected chi connectivity index (χ2v) is 3.37. The molecule has 0 fully saturated rings. The van der Waals surface area contributed by atoms with Crippen LogP contribution in [0, 0.1) is 0 Å². The largest absolute Gasteiger partial charge is 0.377 e. The van der Waals surface area contributed by atoms with Crippen molar-refractivity contribution < 1.29 is 0 Å². The maximum atomic E-state index is 2.33. The zero-order chi connectivity index (χ0) is 8.43. The zero-order valence-corrected chi connectivity index (χ0v) is 8.02. The Morgan fingerprint density at radius 1 is 0.909 bits per heavy atom. The van der Waals surface area contributed by atoms with Gasteiger partial charge in [0.05, 0.1) is 0 Å². The van der Waals surface area contributed by atoms with Gasteiger partial charge in [0.25, 0.3) is 0 Å². The normalized spacial score (nSPS) is 20.7. The quantitative estimate of drug-likeness (QED) is 0.522. The molecule has 0 N–H and O–H groups in total. The van der Waals surface area contributed by atoms with Crippen molar-refractivity contribution in [2.75, 3.05) is 27.2 Å². The molecule has 0 amide bonds. The first-order valence-corrected chi connectivity index (χ1v) is 4.22. The van der Waals surface area contributed by atoms with Gasteiger partial charge in [0, 0.05) is 38.6 Å². The molecule has 1 heterocycles. The molecule has 64 valence electrons. The van der Waals surface area contributed by atoms with Crippen molar-refractivity contribution in [2.24, 2.45) is 0 Å².